The van der Waals surface area contributed by atoms with Gasteiger partial charge in [0, 0.05) is 5.69 Å². The molecule has 1 aliphatic rings. The Morgan fingerprint density at radius 1 is 1.17 bits per heavy atom. The summed E-state index contributed by atoms with van der Waals surface area (Å²) >= 11 is 0. The number of anilines is 1. The maximum atomic E-state index is 12.3. The molecule has 1 heterocycles. The van der Waals surface area contributed by atoms with E-state index in [1.165, 1.54) is 6.07 Å². The standard InChI is InChI=1S/C11H16N2O2S.2ClH/c12-9-2-1-3-11(8-9)16(14,15)10-4-6-13-7-5-10;;/h1-3,8,10,13H,4-7,12H2;2*1H. The first-order chi connectivity index (χ1) is 7.60. The number of nitrogens with one attached hydrogen (secondary N) is 1. The summed E-state index contributed by atoms with van der Waals surface area (Å²) in [5.74, 6) is 0. The predicted octanol–water partition coefficient (Wildman–Crippen LogP) is 1.64. The van der Waals surface area contributed by atoms with E-state index >= 15 is 0 Å². The Hall–Kier alpha value is -0.490. The average Bonchev–Trinajstić information content (AvgIpc) is 2.30. The molecule has 0 bridgehead atoms. The second-order valence-electron chi connectivity index (χ2n) is 4.07. The number of hydrogen-bond donors (Lipinski definition) is 2. The molecule has 0 saturated carbocycles. The molecule has 3 N–H and O–H groups in total. The molecular weight excluding hydrogens is 295 g/mol. The van der Waals surface area contributed by atoms with E-state index in [1.54, 1.807) is 18.2 Å². The summed E-state index contributed by atoms with van der Waals surface area (Å²) in [6.45, 7) is 1.54. The van der Waals surface area contributed by atoms with Gasteiger partial charge in [-0.25, -0.2) is 8.42 Å². The Morgan fingerprint density at radius 3 is 2.33 bits per heavy atom. The number of sulfone groups is 1. The molecule has 1 aliphatic heterocycles. The number of rotatable bonds is 2. The monoisotopic (exact) mass is 312 g/mol. The molecule has 1 aromatic carbocycles. The van der Waals surface area contributed by atoms with Crippen LogP contribution in [-0.4, -0.2) is 26.8 Å². The fourth-order valence-corrected chi connectivity index (χ4v) is 3.80. The van der Waals surface area contributed by atoms with Gasteiger partial charge in [-0.2, -0.15) is 0 Å². The van der Waals surface area contributed by atoms with Crippen LogP contribution in [0.1, 0.15) is 12.8 Å². The summed E-state index contributed by atoms with van der Waals surface area (Å²) in [5.41, 5.74) is 6.10. The first kappa shape index (κ1) is 17.5. The molecule has 1 aromatic rings. The zero-order valence-corrected chi connectivity index (χ0v) is 12.3. The second-order valence-corrected chi connectivity index (χ2v) is 6.29. The van der Waals surface area contributed by atoms with Crippen molar-refractivity contribution in [1.82, 2.24) is 5.32 Å². The van der Waals surface area contributed by atoms with Crippen molar-refractivity contribution in [2.75, 3.05) is 18.8 Å². The molecule has 0 aliphatic carbocycles. The van der Waals surface area contributed by atoms with Crippen LogP contribution in [0, 0.1) is 0 Å². The number of piperidine rings is 1. The third-order valence-electron chi connectivity index (χ3n) is 2.91. The third-order valence-corrected chi connectivity index (χ3v) is 5.17. The average molecular weight is 313 g/mol. The predicted molar refractivity (Wildman–Crippen MR) is 78.4 cm³/mol. The molecule has 104 valence electrons. The number of nitrogens with two attached hydrogens (primary N) is 1. The van der Waals surface area contributed by atoms with Gasteiger partial charge < -0.3 is 11.1 Å². The Balaban J connectivity index is 0.00000144. The van der Waals surface area contributed by atoms with Crippen molar-refractivity contribution in [3.63, 3.8) is 0 Å². The maximum absolute atomic E-state index is 12.3. The van der Waals surface area contributed by atoms with Gasteiger partial charge in [0.2, 0.25) is 0 Å². The lowest BCUT2D eigenvalue weighted by Gasteiger charge is -2.22. The maximum Gasteiger partial charge on any atom is 0.181 e. The van der Waals surface area contributed by atoms with E-state index in [0.29, 0.717) is 23.4 Å². The largest absolute Gasteiger partial charge is 0.399 e. The summed E-state index contributed by atoms with van der Waals surface area (Å²) in [4.78, 5) is 0.347. The van der Waals surface area contributed by atoms with E-state index in [4.69, 9.17) is 5.73 Å². The summed E-state index contributed by atoms with van der Waals surface area (Å²) in [6, 6.07) is 6.54. The van der Waals surface area contributed by atoms with Crippen LogP contribution < -0.4 is 11.1 Å². The van der Waals surface area contributed by atoms with Crippen molar-refractivity contribution in [3.05, 3.63) is 24.3 Å². The van der Waals surface area contributed by atoms with Gasteiger partial charge in [-0.15, -0.1) is 24.8 Å². The highest BCUT2D eigenvalue weighted by atomic mass is 35.5. The highest BCUT2D eigenvalue weighted by Gasteiger charge is 2.28. The van der Waals surface area contributed by atoms with Gasteiger partial charge in [-0.3, -0.25) is 0 Å². The SMILES string of the molecule is Cl.Cl.Nc1cccc(S(=O)(=O)C2CCNCC2)c1. The number of hydrogen-bond acceptors (Lipinski definition) is 4. The van der Waals surface area contributed by atoms with E-state index < -0.39 is 9.84 Å². The zero-order valence-electron chi connectivity index (χ0n) is 9.83. The van der Waals surface area contributed by atoms with Crippen LogP contribution in [0.25, 0.3) is 0 Å². The quantitative estimate of drug-likeness (QED) is 0.814. The molecule has 1 saturated heterocycles. The molecule has 0 atom stereocenters. The van der Waals surface area contributed by atoms with Crippen LogP contribution in [0.2, 0.25) is 0 Å². The minimum absolute atomic E-state index is 0. The minimum atomic E-state index is -3.20. The van der Waals surface area contributed by atoms with Gasteiger partial charge in [0.25, 0.3) is 0 Å². The topological polar surface area (TPSA) is 72.2 Å². The second kappa shape index (κ2) is 7.19. The lowest BCUT2D eigenvalue weighted by atomic mass is 10.2. The Morgan fingerprint density at radius 2 is 1.78 bits per heavy atom. The van der Waals surface area contributed by atoms with E-state index in [1.807, 2.05) is 0 Å². The normalized spacial score (nSPS) is 16.4. The van der Waals surface area contributed by atoms with Crippen molar-refractivity contribution < 1.29 is 8.42 Å². The van der Waals surface area contributed by atoms with Gasteiger partial charge in [0.15, 0.2) is 9.84 Å². The van der Waals surface area contributed by atoms with E-state index in [0.717, 1.165) is 13.1 Å². The number of halogens is 2. The summed E-state index contributed by atoms with van der Waals surface area (Å²) in [5, 5.41) is 2.89. The highest BCUT2D eigenvalue weighted by molar-refractivity contribution is 7.92. The van der Waals surface area contributed by atoms with Gasteiger partial charge in [0.05, 0.1) is 10.1 Å². The van der Waals surface area contributed by atoms with Gasteiger partial charge in [-0.05, 0) is 44.1 Å². The first-order valence-corrected chi connectivity index (χ1v) is 6.95. The molecule has 7 heteroatoms. The molecule has 2 rings (SSSR count). The number of nitrogen functional groups attached to an aromatic ring is 1. The molecular formula is C11H18Cl2N2O2S. The molecule has 0 spiro atoms. The molecule has 0 radical (unpaired) electrons. The van der Waals surface area contributed by atoms with Crippen LogP contribution in [0.5, 0.6) is 0 Å². The van der Waals surface area contributed by atoms with Gasteiger partial charge in [0.1, 0.15) is 0 Å². The molecule has 18 heavy (non-hydrogen) atoms. The van der Waals surface area contributed by atoms with E-state index in [9.17, 15) is 8.42 Å². The Labute approximate surface area is 120 Å². The molecule has 0 unspecified atom stereocenters. The molecule has 0 aromatic heterocycles. The Bertz CT molecular complexity index is 474. The fourth-order valence-electron chi connectivity index (χ4n) is 1.99. The lowest BCUT2D eigenvalue weighted by molar-refractivity contribution is 0.496. The summed E-state index contributed by atoms with van der Waals surface area (Å²) in [7, 11) is -3.20. The van der Waals surface area contributed by atoms with Crippen LogP contribution in [-0.2, 0) is 9.84 Å². The van der Waals surface area contributed by atoms with Crippen molar-refractivity contribution >= 4 is 40.3 Å². The van der Waals surface area contributed by atoms with Crippen molar-refractivity contribution in [3.8, 4) is 0 Å². The van der Waals surface area contributed by atoms with Gasteiger partial charge >= 0.3 is 0 Å². The third kappa shape index (κ3) is 3.75. The zero-order chi connectivity index (χ0) is 11.6. The smallest absolute Gasteiger partial charge is 0.181 e. The van der Waals surface area contributed by atoms with E-state index in [-0.39, 0.29) is 30.1 Å². The highest BCUT2D eigenvalue weighted by Crippen LogP contribution is 2.23. The van der Waals surface area contributed by atoms with Crippen LogP contribution in [0.3, 0.4) is 0 Å². The van der Waals surface area contributed by atoms with Crippen molar-refractivity contribution in [2.24, 2.45) is 0 Å². The van der Waals surface area contributed by atoms with Gasteiger partial charge in [-0.1, -0.05) is 6.07 Å². The Kier molecular flexibility index (Phi) is 6.99. The fraction of sp³-hybridized carbons (Fsp3) is 0.455. The van der Waals surface area contributed by atoms with Crippen LogP contribution in [0.15, 0.2) is 29.2 Å². The summed E-state index contributed by atoms with van der Waals surface area (Å²) in [6.07, 6.45) is 1.36. The summed E-state index contributed by atoms with van der Waals surface area (Å²) < 4.78 is 24.5. The number of benzene rings is 1. The van der Waals surface area contributed by atoms with Crippen molar-refractivity contribution in [1.29, 1.82) is 0 Å². The minimum Gasteiger partial charge on any atom is -0.399 e. The molecule has 1 fully saturated rings. The lowest BCUT2D eigenvalue weighted by Crippen LogP contribution is -2.35. The molecule has 0 amide bonds. The van der Waals surface area contributed by atoms with Crippen LogP contribution >= 0.6 is 24.8 Å². The first-order valence-electron chi connectivity index (χ1n) is 5.41. The van der Waals surface area contributed by atoms with Crippen molar-refractivity contribution in [2.45, 2.75) is 23.0 Å². The van der Waals surface area contributed by atoms with E-state index in [2.05, 4.69) is 5.32 Å². The van der Waals surface area contributed by atoms with Crippen LogP contribution in [0.4, 0.5) is 5.69 Å². The molecule has 4 nitrogen and oxygen atoms in total.